The second-order valence-electron chi connectivity index (χ2n) is 4.01. The Kier molecular flexibility index (Phi) is 6.10. The van der Waals surface area contributed by atoms with Crippen LogP contribution in [-0.2, 0) is 19.5 Å². The topological polar surface area (TPSA) is 81.1 Å². The van der Waals surface area contributed by atoms with E-state index in [1.807, 2.05) is 0 Å². The number of fused-ring (bicyclic) bond motifs is 1. The lowest BCUT2D eigenvalue weighted by Crippen LogP contribution is -2.31. The van der Waals surface area contributed by atoms with Crippen molar-refractivity contribution in [3.8, 4) is 0 Å². The van der Waals surface area contributed by atoms with Gasteiger partial charge < -0.3 is 15.6 Å². The van der Waals surface area contributed by atoms with Crippen LogP contribution >= 0.6 is 24.0 Å². The fraction of sp³-hybridized carbons (Fsp3) is 0.545. The minimum atomic E-state index is 0. The largest absolute Gasteiger partial charge is 0.370 e. The third-order valence-electron chi connectivity index (χ3n) is 2.75. The maximum Gasteiger partial charge on any atom is 0.189 e. The van der Waals surface area contributed by atoms with Gasteiger partial charge in [-0.15, -0.1) is 40.8 Å². The normalized spacial score (nSPS) is 14.6. The predicted molar refractivity (Wildman–Crippen MR) is 81.9 cm³/mol. The number of rotatable bonds is 4. The molecule has 1 aromatic heterocycles. The van der Waals surface area contributed by atoms with E-state index < -0.39 is 0 Å². The van der Waals surface area contributed by atoms with Gasteiger partial charge in [0.15, 0.2) is 11.8 Å². The molecule has 0 radical (unpaired) electrons. The number of aryl methyl sites for hydroxylation is 1. The van der Waals surface area contributed by atoms with Crippen molar-refractivity contribution in [3.63, 3.8) is 0 Å². The zero-order chi connectivity index (χ0) is 12.1. The first-order chi connectivity index (χ1) is 8.31. The molecule has 0 unspecified atom stereocenters. The summed E-state index contributed by atoms with van der Waals surface area (Å²) in [5.41, 5.74) is 5.69. The highest BCUT2D eigenvalue weighted by molar-refractivity contribution is 14.0. The molecule has 0 fully saturated rings. The van der Waals surface area contributed by atoms with Gasteiger partial charge in [-0.25, -0.2) is 4.99 Å². The monoisotopic (exact) mass is 362 g/mol. The van der Waals surface area contributed by atoms with Crippen LogP contribution in [0.2, 0.25) is 0 Å². The SMILES string of the molecule is C=CCNC(N)=NCc1nnc2n1CCCC2.I. The zero-order valence-electron chi connectivity index (χ0n) is 10.3. The van der Waals surface area contributed by atoms with Crippen molar-refractivity contribution < 1.29 is 0 Å². The summed E-state index contributed by atoms with van der Waals surface area (Å²) in [5.74, 6) is 2.38. The van der Waals surface area contributed by atoms with Crippen molar-refractivity contribution in [2.24, 2.45) is 10.7 Å². The molecule has 0 spiro atoms. The highest BCUT2D eigenvalue weighted by Gasteiger charge is 2.14. The van der Waals surface area contributed by atoms with Crippen molar-refractivity contribution >= 4 is 29.9 Å². The average molecular weight is 362 g/mol. The van der Waals surface area contributed by atoms with Crippen LogP contribution in [0.1, 0.15) is 24.5 Å². The molecule has 0 saturated carbocycles. The third kappa shape index (κ3) is 3.69. The summed E-state index contributed by atoms with van der Waals surface area (Å²) in [4.78, 5) is 4.22. The van der Waals surface area contributed by atoms with Crippen molar-refractivity contribution in [3.05, 3.63) is 24.3 Å². The second kappa shape index (κ2) is 7.34. The smallest absolute Gasteiger partial charge is 0.189 e. The van der Waals surface area contributed by atoms with E-state index in [1.165, 1.54) is 12.8 Å². The number of guanidine groups is 1. The number of aliphatic imine (C=N–C) groups is 1. The van der Waals surface area contributed by atoms with Crippen molar-refractivity contribution in [2.45, 2.75) is 32.4 Å². The number of halogens is 1. The van der Waals surface area contributed by atoms with Crippen LogP contribution in [-0.4, -0.2) is 27.3 Å². The van der Waals surface area contributed by atoms with Gasteiger partial charge in [-0.3, -0.25) is 0 Å². The van der Waals surface area contributed by atoms with E-state index >= 15 is 0 Å². The van der Waals surface area contributed by atoms with Gasteiger partial charge >= 0.3 is 0 Å². The summed E-state index contributed by atoms with van der Waals surface area (Å²) in [6.07, 6.45) is 5.14. The van der Waals surface area contributed by atoms with Gasteiger partial charge in [0.2, 0.25) is 0 Å². The molecule has 100 valence electrons. The van der Waals surface area contributed by atoms with Gasteiger partial charge in [-0.1, -0.05) is 6.08 Å². The minimum Gasteiger partial charge on any atom is -0.370 e. The molecule has 1 aromatic rings. The highest BCUT2D eigenvalue weighted by Crippen LogP contribution is 2.14. The second-order valence-corrected chi connectivity index (χ2v) is 4.01. The van der Waals surface area contributed by atoms with Crippen LogP contribution in [0.3, 0.4) is 0 Å². The number of hydrogen-bond donors (Lipinski definition) is 2. The van der Waals surface area contributed by atoms with E-state index in [9.17, 15) is 0 Å². The Balaban J connectivity index is 0.00000162. The fourth-order valence-corrected chi connectivity index (χ4v) is 1.87. The summed E-state index contributed by atoms with van der Waals surface area (Å²) < 4.78 is 2.15. The number of aromatic nitrogens is 3. The molecular formula is C11H19IN6. The van der Waals surface area contributed by atoms with Crippen LogP contribution in [0.15, 0.2) is 17.6 Å². The third-order valence-corrected chi connectivity index (χ3v) is 2.75. The van der Waals surface area contributed by atoms with Crippen molar-refractivity contribution in [1.82, 2.24) is 20.1 Å². The fourth-order valence-electron chi connectivity index (χ4n) is 1.87. The average Bonchev–Trinajstić information content (AvgIpc) is 2.77. The molecule has 7 heteroatoms. The highest BCUT2D eigenvalue weighted by atomic mass is 127. The molecule has 0 bridgehead atoms. The number of hydrogen-bond acceptors (Lipinski definition) is 3. The molecule has 2 rings (SSSR count). The Morgan fingerprint density at radius 2 is 2.33 bits per heavy atom. The Hall–Kier alpha value is -1.12. The van der Waals surface area contributed by atoms with E-state index in [1.54, 1.807) is 6.08 Å². The first-order valence-corrected chi connectivity index (χ1v) is 5.87. The summed E-state index contributed by atoms with van der Waals surface area (Å²) in [5, 5.41) is 11.2. The molecule has 1 aliphatic rings. The van der Waals surface area contributed by atoms with E-state index in [2.05, 4.69) is 31.7 Å². The van der Waals surface area contributed by atoms with Gasteiger partial charge in [-0.05, 0) is 12.8 Å². The Morgan fingerprint density at radius 3 is 3.11 bits per heavy atom. The van der Waals surface area contributed by atoms with E-state index in [4.69, 9.17) is 5.73 Å². The van der Waals surface area contributed by atoms with E-state index in [0.717, 1.165) is 24.6 Å². The number of nitrogens with one attached hydrogen (secondary N) is 1. The quantitative estimate of drug-likeness (QED) is 0.360. The van der Waals surface area contributed by atoms with Crippen LogP contribution < -0.4 is 11.1 Å². The van der Waals surface area contributed by atoms with Crippen LogP contribution in [0.25, 0.3) is 0 Å². The summed E-state index contributed by atoms with van der Waals surface area (Å²) >= 11 is 0. The maximum atomic E-state index is 5.69. The first-order valence-electron chi connectivity index (χ1n) is 5.87. The van der Waals surface area contributed by atoms with Crippen LogP contribution in [0.5, 0.6) is 0 Å². The lowest BCUT2D eigenvalue weighted by molar-refractivity contribution is 0.508. The molecule has 1 aliphatic heterocycles. The van der Waals surface area contributed by atoms with Gasteiger partial charge in [0.25, 0.3) is 0 Å². The molecule has 18 heavy (non-hydrogen) atoms. The van der Waals surface area contributed by atoms with Gasteiger partial charge in [0, 0.05) is 19.5 Å². The molecule has 2 heterocycles. The standard InChI is InChI=1S/C11H18N6.HI/c1-2-6-13-11(12)14-8-10-16-15-9-5-3-4-7-17(9)10;/h2H,1,3-8H2,(H3,12,13,14);1H. The first kappa shape index (κ1) is 14.9. The van der Waals surface area contributed by atoms with E-state index in [-0.39, 0.29) is 24.0 Å². The maximum absolute atomic E-state index is 5.69. The molecule has 0 atom stereocenters. The molecule has 0 aliphatic carbocycles. The molecule has 0 amide bonds. The van der Waals surface area contributed by atoms with Gasteiger partial charge in [0.05, 0.1) is 0 Å². The van der Waals surface area contributed by atoms with Gasteiger partial charge in [0.1, 0.15) is 12.4 Å². The lowest BCUT2D eigenvalue weighted by Gasteiger charge is -2.13. The van der Waals surface area contributed by atoms with Crippen molar-refractivity contribution in [2.75, 3.05) is 6.54 Å². The predicted octanol–water partition coefficient (Wildman–Crippen LogP) is 0.823. The van der Waals surface area contributed by atoms with Crippen molar-refractivity contribution in [1.29, 1.82) is 0 Å². The Labute approximate surface area is 124 Å². The molecular weight excluding hydrogens is 343 g/mol. The lowest BCUT2D eigenvalue weighted by atomic mass is 10.2. The van der Waals surface area contributed by atoms with Gasteiger partial charge in [-0.2, -0.15) is 0 Å². The molecule has 0 saturated heterocycles. The van der Waals surface area contributed by atoms with E-state index in [0.29, 0.717) is 19.0 Å². The van der Waals surface area contributed by atoms with Crippen LogP contribution in [0, 0.1) is 0 Å². The Bertz CT molecular complexity index is 425. The summed E-state index contributed by atoms with van der Waals surface area (Å²) in [6.45, 7) is 5.69. The van der Waals surface area contributed by atoms with Crippen LogP contribution in [0.4, 0.5) is 0 Å². The summed E-state index contributed by atoms with van der Waals surface area (Å²) in [6, 6.07) is 0. The number of nitrogens with two attached hydrogens (primary N) is 1. The molecule has 3 N–H and O–H groups in total. The molecule has 6 nitrogen and oxygen atoms in total. The zero-order valence-corrected chi connectivity index (χ0v) is 12.6. The molecule has 0 aromatic carbocycles. The number of nitrogens with zero attached hydrogens (tertiary/aromatic N) is 4. The summed E-state index contributed by atoms with van der Waals surface area (Å²) in [7, 11) is 0. The minimum absolute atomic E-state index is 0. The Morgan fingerprint density at radius 1 is 1.50 bits per heavy atom.